The Kier molecular flexibility index (Phi) is 6.24. The summed E-state index contributed by atoms with van der Waals surface area (Å²) in [4.78, 5) is 24.7. The summed E-state index contributed by atoms with van der Waals surface area (Å²) in [6.07, 6.45) is 0. The molecule has 0 fully saturated rings. The van der Waals surface area contributed by atoms with Gasteiger partial charge in [0.15, 0.2) is 0 Å². The second-order valence-electron chi connectivity index (χ2n) is 6.15. The van der Waals surface area contributed by atoms with Crippen LogP contribution in [0.5, 0.6) is 0 Å². The summed E-state index contributed by atoms with van der Waals surface area (Å²) in [5.74, 6) is -0.328. The Hall–Kier alpha value is -2.67. The molecular formula is C22H19IN2O2. The number of benzene rings is 3. The smallest absolute Gasteiger partial charge is 0.255 e. The van der Waals surface area contributed by atoms with Gasteiger partial charge in [0.25, 0.3) is 11.8 Å². The van der Waals surface area contributed by atoms with Gasteiger partial charge in [-0.25, -0.2) is 0 Å². The molecule has 0 saturated heterocycles. The molecule has 0 aromatic heterocycles. The van der Waals surface area contributed by atoms with E-state index in [1.54, 1.807) is 30.3 Å². The number of amides is 2. The molecule has 0 bridgehead atoms. The number of nitrogens with one attached hydrogen (secondary N) is 2. The average Bonchev–Trinajstić information content (AvgIpc) is 2.69. The van der Waals surface area contributed by atoms with Crippen LogP contribution in [0.3, 0.4) is 0 Å². The van der Waals surface area contributed by atoms with Crippen molar-refractivity contribution in [1.82, 2.24) is 5.32 Å². The Morgan fingerprint density at radius 1 is 0.815 bits per heavy atom. The number of hydrogen-bond acceptors (Lipinski definition) is 2. The van der Waals surface area contributed by atoms with Crippen molar-refractivity contribution in [2.24, 2.45) is 0 Å². The Morgan fingerprint density at radius 2 is 1.52 bits per heavy atom. The Morgan fingerprint density at radius 3 is 2.19 bits per heavy atom. The van der Waals surface area contributed by atoms with Gasteiger partial charge in [-0.15, -0.1) is 0 Å². The van der Waals surface area contributed by atoms with Gasteiger partial charge in [0, 0.05) is 20.4 Å². The maximum atomic E-state index is 12.4. The molecule has 3 rings (SSSR count). The highest BCUT2D eigenvalue weighted by Gasteiger charge is 2.12. The van der Waals surface area contributed by atoms with Gasteiger partial charge in [0.1, 0.15) is 0 Å². The molecule has 0 aliphatic rings. The molecule has 1 unspecified atom stereocenters. The molecular weight excluding hydrogens is 451 g/mol. The molecule has 0 saturated carbocycles. The zero-order valence-electron chi connectivity index (χ0n) is 14.8. The molecule has 4 nitrogen and oxygen atoms in total. The summed E-state index contributed by atoms with van der Waals surface area (Å²) >= 11 is 2.17. The van der Waals surface area contributed by atoms with E-state index < -0.39 is 0 Å². The van der Waals surface area contributed by atoms with Crippen LogP contribution in [0.25, 0.3) is 0 Å². The molecule has 27 heavy (non-hydrogen) atoms. The third-order valence-corrected chi connectivity index (χ3v) is 4.81. The van der Waals surface area contributed by atoms with Crippen LogP contribution < -0.4 is 10.6 Å². The first-order chi connectivity index (χ1) is 13.0. The van der Waals surface area contributed by atoms with Gasteiger partial charge < -0.3 is 10.6 Å². The fourth-order valence-electron chi connectivity index (χ4n) is 2.64. The minimum atomic E-state index is -0.177. The minimum Gasteiger partial charge on any atom is -0.346 e. The van der Waals surface area contributed by atoms with Gasteiger partial charge in [-0.3, -0.25) is 9.59 Å². The van der Waals surface area contributed by atoms with Crippen LogP contribution in [0.2, 0.25) is 0 Å². The molecule has 0 aliphatic carbocycles. The lowest BCUT2D eigenvalue weighted by atomic mass is 10.1. The fraction of sp³-hybridized carbons (Fsp3) is 0.0909. The first-order valence-electron chi connectivity index (χ1n) is 8.56. The molecule has 3 aromatic rings. The lowest BCUT2D eigenvalue weighted by molar-refractivity contribution is 0.0939. The van der Waals surface area contributed by atoms with Crippen molar-refractivity contribution in [2.75, 3.05) is 5.32 Å². The zero-order valence-corrected chi connectivity index (χ0v) is 16.9. The van der Waals surface area contributed by atoms with Crippen molar-refractivity contribution in [3.8, 4) is 0 Å². The van der Waals surface area contributed by atoms with E-state index in [2.05, 4.69) is 33.2 Å². The first-order valence-corrected chi connectivity index (χ1v) is 9.63. The number of carbonyl (C=O) groups is 2. The van der Waals surface area contributed by atoms with Crippen LogP contribution in [0.15, 0.2) is 78.9 Å². The summed E-state index contributed by atoms with van der Waals surface area (Å²) in [5, 5.41) is 5.82. The number of rotatable bonds is 5. The molecule has 5 heteroatoms. The highest BCUT2D eigenvalue weighted by molar-refractivity contribution is 14.1. The van der Waals surface area contributed by atoms with Crippen LogP contribution in [0.4, 0.5) is 5.69 Å². The average molecular weight is 470 g/mol. The summed E-state index contributed by atoms with van der Waals surface area (Å²) in [6, 6.07) is 24.0. The molecule has 2 amide bonds. The van der Waals surface area contributed by atoms with Crippen molar-refractivity contribution in [3.63, 3.8) is 0 Å². The molecule has 2 N–H and O–H groups in total. The molecule has 0 heterocycles. The number of carbonyl (C=O) groups excluding carboxylic acids is 2. The second-order valence-corrected chi connectivity index (χ2v) is 7.39. The van der Waals surface area contributed by atoms with E-state index in [0.29, 0.717) is 16.8 Å². The van der Waals surface area contributed by atoms with Gasteiger partial charge in [-0.05, 0) is 77.5 Å². The van der Waals surface area contributed by atoms with Crippen molar-refractivity contribution >= 4 is 40.1 Å². The van der Waals surface area contributed by atoms with E-state index >= 15 is 0 Å². The summed E-state index contributed by atoms with van der Waals surface area (Å²) in [7, 11) is 0. The summed E-state index contributed by atoms with van der Waals surface area (Å²) < 4.78 is 1.000. The van der Waals surface area contributed by atoms with Crippen LogP contribution in [-0.2, 0) is 0 Å². The van der Waals surface area contributed by atoms with Gasteiger partial charge in [0.05, 0.1) is 6.04 Å². The molecule has 136 valence electrons. The molecule has 0 spiro atoms. The Bertz CT molecular complexity index is 940. The second kappa shape index (κ2) is 8.81. The number of halogens is 1. The third-order valence-electron chi connectivity index (χ3n) is 4.14. The van der Waals surface area contributed by atoms with Crippen LogP contribution in [0, 0.1) is 3.57 Å². The molecule has 0 radical (unpaired) electrons. The van der Waals surface area contributed by atoms with Crippen molar-refractivity contribution in [1.29, 1.82) is 0 Å². The largest absolute Gasteiger partial charge is 0.346 e. The highest BCUT2D eigenvalue weighted by atomic mass is 127. The zero-order chi connectivity index (χ0) is 19.2. The quantitative estimate of drug-likeness (QED) is 0.514. The van der Waals surface area contributed by atoms with Gasteiger partial charge in [0.2, 0.25) is 0 Å². The van der Waals surface area contributed by atoms with E-state index in [9.17, 15) is 9.59 Å². The third kappa shape index (κ3) is 5.17. The lowest BCUT2D eigenvalue weighted by Gasteiger charge is -2.14. The van der Waals surface area contributed by atoms with Crippen molar-refractivity contribution in [2.45, 2.75) is 13.0 Å². The van der Waals surface area contributed by atoms with Gasteiger partial charge in [-0.2, -0.15) is 0 Å². The maximum absolute atomic E-state index is 12.4. The Labute approximate surface area is 172 Å². The predicted molar refractivity (Wildman–Crippen MR) is 116 cm³/mol. The van der Waals surface area contributed by atoms with Gasteiger partial charge >= 0.3 is 0 Å². The van der Waals surface area contributed by atoms with Gasteiger partial charge in [-0.1, -0.05) is 36.4 Å². The van der Waals surface area contributed by atoms with E-state index in [1.165, 1.54) is 0 Å². The van der Waals surface area contributed by atoms with E-state index in [1.807, 2.05) is 55.5 Å². The molecule has 3 aromatic carbocycles. The van der Waals surface area contributed by atoms with E-state index in [0.717, 1.165) is 9.13 Å². The molecule has 1 atom stereocenters. The number of anilines is 1. The van der Waals surface area contributed by atoms with Crippen molar-refractivity contribution in [3.05, 3.63) is 99.1 Å². The summed E-state index contributed by atoms with van der Waals surface area (Å²) in [6.45, 7) is 1.95. The number of hydrogen-bond donors (Lipinski definition) is 2. The standard InChI is InChI=1S/C22H19IN2O2/c1-15(16-6-3-2-4-7-16)24-21(26)17-10-12-20(13-11-17)25-22(27)18-8-5-9-19(23)14-18/h2-15H,1H3,(H,24,26)(H,25,27). The predicted octanol–water partition coefficient (Wildman–Crippen LogP) is 5.03. The first kappa shape index (κ1) is 19.1. The maximum Gasteiger partial charge on any atom is 0.255 e. The fourth-order valence-corrected chi connectivity index (χ4v) is 3.19. The summed E-state index contributed by atoms with van der Waals surface area (Å²) in [5.41, 5.74) is 2.84. The normalized spacial score (nSPS) is 11.5. The lowest BCUT2D eigenvalue weighted by Crippen LogP contribution is -2.26. The van der Waals surface area contributed by atoms with Crippen molar-refractivity contribution < 1.29 is 9.59 Å². The highest BCUT2D eigenvalue weighted by Crippen LogP contribution is 2.15. The SMILES string of the molecule is CC(NC(=O)c1ccc(NC(=O)c2cccc(I)c2)cc1)c1ccccc1. The van der Waals surface area contributed by atoms with Crippen LogP contribution >= 0.6 is 22.6 Å². The van der Waals surface area contributed by atoms with E-state index in [4.69, 9.17) is 0 Å². The Balaban J connectivity index is 1.63. The van der Waals surface area contributed by atoms with E-state index in [-0.39, 0.29) is 17.9 Å². The monoisotopic (exact) mass is 470 g/mol. The minimum absolute atomic E-state index is 0.0846. The topological polar surface area (TPSA) is 58.2 Å². The van der Waals surface area contributed by atoms with Crippen LogP contribution in [-0.4, -0.2) is 11.8 Å². The van der Waals surface area contributed by atoms with Crippen LogP contribution in [0.1, 0.15) is 39.2 Å². The molecule has 0 aliphatic heterocycles.